The highest BCUT2D eigenvalue weighted by atomic mass is 79.9. The molecule has 1 aliphatic rings. The Balaban J connectivity index is 2.66. The van der Waals surface area contributed by atoms with Gasteiger partial charge in [0.1, 0.15) is 0 Å². The summed E-state index contributed by atoms with van der Waals surface area (Å²) in [6.45, 7) is 9.51. The lowest BCUT2D eigenvalue weighted by molar-refractivity contribution is -0.132. The summed E-state index contributed by atoms with van der Waals surface area (Å²) in [6.07, 6.45) is 2.33. The van der Waals surface area contributed by atoms with Gasteiger partial charge in [0.2, 0.25) is 5.91 Å². The van der Waals surface area contributed by atoms with E-state index >= 15 is 0 Å². The van der Waals surface area contributed by atoms with Crippen LogP contribution < -0.4 is 0 Å². The Morgan fingerprint density at radius 3 is 2.40 bits per heavy atom. The number of carbonyl (C=O) groups excluding carboxylic acids is 1. The maximum atomic E-state index is 12.2. The van der Waals surface area contributed by atoms with Crippen LogP contribution >= 0.6 is 15.9 Å². The van der Waals surface area contributed by atoms with Gasteiger partial charge in [-0.3, -0.25) is 4.79 Å². The van der Waals surface area contributed by atoms with Gasteiger partial charge >= 0.3 is 0 Å². The van der Waals surface area contributed by atoms with Gasteiger partial charge in [-0.2, -0.15) is 0 Å². The summed E-state index contributed by atoms with van der Waals surface area (Å²) in [5, 5.41) is 0. The molecular formula is C12H22BrNO. The first kappa shape index (κ1) is 13.0. The van der Waals surface area contributed by atoms with E-state index in [0.717, 1.165) is 13.0 Å². The van der Waals surface area contributed by atoms with E-state index in [1.807, 2.05) is 0 Å². The van der Waals surface area contributed by atoms with Crippen LogP contribution in [0.1, 0.15) is 40.5 Å². The highest BCUT2D eigenvalue weighted by Crippen LogP contribution is 2.27. The average Bonchev–Trinajstić information content (AvgIpc) is 2.63. The lowest BCUT2D eigenvalue weighted by Gasteiger charge is -2.30. The smallest absolute Gasteiger partial charge is 0.236 e. The normalized spacial score (nSPS) is 23.9. The Labute approximate surface area is 102 Å². The Bertz CT molecular complexity index is 228. The molecule has 3 heteroatoms. The third-order valence-electron chi connectivity index (χ3n) is 3.17. The number of rotatable bonds is 3. The highest BCUT2D eigenvalue weighted by Gasteiger charge is 2.34. The maximum absolute atomic E-state index is 12.2. The zero-order chi connectivity index (χ0) is 11.6. The van der Waals surface area contributed by atoms with Crippen LogP contribution in [0.5, 0.6) is 0 Å². The standard InChI is InChI=1S/C12H22BrNO/c1-8(2)10-6-5-7-14(10)12(15)11(13)9(3)4/h8-11H,5-7H2,1-4H3. The molecular weight excluding hydrogens is 254 g/mol. The minimum Gasteiger partial charge on any atom is -0.338 e. The second-order valence-electron chi connectivity index (χ2n) is 5.13. The molecule has 2 atom stereocenters. The van der Waals surface area contributed by atoms with E-state index in [4.69, 9.17) is 0 Å². The summed E-state index contributed by atoms with van der Waals surface area (Å²) < 4.78 is 0. The molecule has 2 nitrogen and oxygen atoms in total. The molecule has 88 valence electrons. The fourth-order valence-corrected chi connectivity index (χ4v) is 2.47. The monoisotopic (exact) mass is 275 g/mol. The molecule has 0 aromatic heterocycles. The topological polar surface area (TPSA) is 20.3 Å². The lowest BCUT2D eigenvalue weighted by Crippen LogP contribution is -2.43. The van der Waals surface area contributed by atoms with E-state index in [-0.39, 0.29) is 10.7 Å². The molecule has 0 aromatic carbocycles. The molecule has 1 heterocycles. The predicted molar refractivity (Wildman–Crippen MR) is 67.1 cm³/mol. The fourth-order valence-electron chi connectivity index (χ4n) is 2.20. The molecule has 2 unspecified atom stereocenters. The van der Waals surface area contributed by atoms with Crippen LogP contribution in [0.3, 0.4) is 0 Å². The van der Waals surface area contributed by atoms with Gasteiger partial charge in [0.25, 0.3) is 0 Å². The van der Waals surface area contributed by atoms with Crippen molar-refractivity contribution in [3.05, 3.63) is 0 Å². The van der Waals surface area contributed by atoms with Crippen LogP contribution in [0.15, 0.2) is 0 Å². The second kappa shape index (κ2) is 5.33. The van der Waals surface area contributed by atoms with E-state index in [0.29, 0.717) is 17.9 Å². The molecule has 0 radical (unpaired) electrons. The lowest BCUT2D eigenvalue weighted by atomic mass is 10.0. The SMILES string of the molecule is CC(C)C(Br)C(=O)N1CCCC1C(C)C. The summed E-state index contributed by atoms with van der Waals surface area (Å²) in [5.41, 5.74) is 0. The molecule has 0 bridgehead atoms. The molecule has 1 aliphatic heterocycles. The number of carbonyl (C=O) groups is 1. The van der Waals surface area contributed by atoms with E-state index < -0.39 is 0 Å². The number of likely N-dealkylation sites (tertiary alicyclic amines) is 1. The van der Waals surface area contributed by atoms with Crippen molar-refractivity contribution >= 4 is 21.8 Å². The van der Waals surface area contributed by atoms with Gasteiger partial charge in [0.05, 0.1) is 4.83 Å². The third kappa shape index (κ3) is 2.96. The van der Waals surface area contributed by atoms with Crippen LogP contribution in [0.25, 0.3) is 0 Å². The summed E-state index contributed by atoms with van der Waals surface area (Å²) >= 11 is 3.50. The Hall–Kier alpha value is -0.0500. The molecule has 1 rings (SSSR count). The largest absolute Gasteiger partial charge is 0.338 e. The molecule has 0 aliphatic carbocycles. The van der Waals surface area contributed by atoms with Crippen molar-refractivity contribution in [2.24, 2.45) is 11.8 Å². The number of alkyl halides is 1. The van der Waals surface area contributed by atoms with Crippen LogP contribution in [0.4, 0.5) is 0 Å². The van der Waals surface area contributed by atoms with Crippen LogP contribution in [-0.2, 0) is 4.79 Å². The van der Waals surface area contributed by atoms with Crippen LogP contribution in [0.2, 0.25) is 0 Å². The van der Waals surface area contributed by atoms with Gasteiger partial charge in [0.15, 0.2) is 0 Å². The zero-order valence-corrected chi connectivity index (χ0v) is 11.8. The van der Waals surface area contributed by atoms with E-state index in [2.05, 4.69) is 48.5 Å². The molecule has 1 saturated heterocycles. The minimum absolute atomic E-state index is 0.0168. The number of amides is 1. The van der Waals surface area contributed by atoms with Gasteiger partial charge in [-0.1, -0.05) is 43.6 Å². The quantitative estimate of drug-likeness (QED) is 0.725. The number of nitrogens with zero attached hydrogens (tertiary/aromatic N) is 1. The Morgan fingerprint density at radius 2 is 1.93 bits per heavy atom. The van der Waals surface area contributed by atoms with Gasteiger partial charge in [-0.25, -0.2) is 0 Å². The second-order valence-corrected chi connectivity index (χ2v) is 6.12. The Kier molecular flexibility index (Phi) is 4.63. The average molecular weight is 276 g/mol. The molecule has 0 spiro atoms. The van der Waals surface area contributed by atoms with Crippen molar-refractivity contribution in [3.8, 4) is 0 Å². The first-order valence-corrected chi connectivity index (χ1v) is 6.81. The Morgan fingerprint density at radius 1 is 1.33 bits per heavy atom. The predicted octanol–water partition coefficient (Wildman–Crippen LogP) is 3.05. The van der Waals surface area contributed by atoms with E-state index in [9.17, 15) is 4.79 Å². The molecule has 1 amide bonds. The van der Waals surface area contributed by atoms with Crippen LogP contribution in [-0.4, -0.2) is 28.2 Å². The van der Waals surface area contributed by atoms with E-state index in [1.165, 1.54) is 6.42 Å². The van der Waals surface area contributed by atoms with E-state index in [1.54, 1.807) is 0 Å². The van der Waals surface area contributed by atoms with Gasteiger partial charge < -0.3 is 4.90 Å². The first-order valence-electron chi connectivity index (χ1n) is 5.89. The molecule has 1 fully saturated rings. The van der Waals surface area contributed by atoms with Crippen molar-refractivity contribution in [1.82, 2.24) is 4.90 Å². The summed E-state index contributed by atoms with van der Waals surface area (Å²) in [6, 6.07) is 0.455. The van der Waals surface area contributed by atoms with Gasteiger partial charge in [0, 0.05) is 12.6 Å². The van der Waals surface area contributed by atoms with Crippen molar-refractivity contribution in [1.29, 1.82) is 0 Å². The first-order chi connectivity index (χ1) is 6.95. The van der Waals surface area contributed by atoms with Crippen molar-refractivity contribution in [2.75, 3.05) is 6.54 Å². The molecule has 0 saturated carbocycles. The van der Waals surface area contributed by atoms with Crippen molar-refractivity contribution < 1.29 is 4.79 Å². The molecule has 0 aromatic rings. The fraction of sp³-hybridized carbons (Fsp3) is 0.917. The molecule has 15 heavy (non-hydrogen) atoms. The van der Waals surface area contributed by atoms with Crippen LogP contribution in [0, 0.1) is 11.8 Å². The highest BCUT2D eigenvalue weighted by molar-refractivity contribution is 9.10. The summed E-state index contributed by atoms with van der Waals surface area (Å²) in [5.74, 6) is 1.22. The number of hydrogen-bond acceptors (Lipinski definition) is 1. The van der Waals surface area contributed by atoms with Gasteiger partial charge in [-0.05, 0) is 24.7 Å². The zero-order valence-electron chi connectivity index (χ0n) is 10.2. The molecule has 0 N–H and O–H groups in total. The van der Waals surface area contributed by atoms with Crippen molar-refractivity contribution in [2.45, 2.75) is 51.4 Å². The summed E-state index contributed by atoms with van der Waals surface area (Å²) in [7, 11) is 0. The maximum Gasteiger partial charge on any atom is 0.236 e. The van der Waals surface area contributed by atoms with Gasteiger partial charge in [-0.15, -0.1) is 0 Å². The van der Waals surface area contributed by atoms with Crippen molar-refractivity contribution in [3.63, 3.8) is 0 Å². The summed E-state index contributed by atoms with van der Waals surface area (Å²) in [4.78, 5) is 14.2. The minimum atomic E-state index is -0.0168. The number of halogens is 1. The third-order valence-corrected chi connectivity index (χ3v) is 4.62. The number of hydrogen-bond donors (Lipinski definition) is 0.